The Kier molecular flexibility index (Phi) is 4.42. The molecule has 0 fully saturated rings. The molecule has 0 saturated heterocycles. The summed E-state index contributed by atoms with van der Waals surface area (Å²) in [5.41, 5.74) is 1.12. The molecule has 6 nitrogen and oxygen atoms in total. The monoisotopic (exact) mass is 349 g/mol. The molecule has 1 atom stereocenters. The van der Waals surface area contributed by atoms with Crippen LogP contribution in [0.5, 0.6) is 0 Å². The first kappa shape index (κ1) is 16.7. The summed E-state index contributed by atoms with van der Waals surface area (Å²) in [5.74, 6) is 1.91. The van der Waals surface area contributed by atoms with E-state index in [1.54, 1.807) is 0 Å². The van der Waals surface area contributed by atoms with Gasteiger partial charge in [0, 0.05) is 13.1 Å². The molecule has 1 N–H and O–H groups in total. The maximum absolute atomic E-state index is 12.5. The zero-order valence-electron chi connectivity index (χ0n) is 15.1. The number of amides is 1. The van der Waals surface area contributed by atoms with Crippen LogP contribution in [0.25, 0.3) is 10.8 Å². The Bertz CT molecular complexity index is 948. The highest BCUT2D eigenvalue weighted by molar-refractivity contribution is 5.83. The highest BCUT2D eigenvalue weighted by Crippen LogP contribution is 2.20. The van der Waals surface area contributed by atoms with Crippen molar-refractivity contribution in [2.45, 2.75) is 33.0 Å². The molecule has 1 aliphatic heterocycles. The van der Waals surface area contributed by atoms with Gasteiger partial charge in [-0.2, -0.15) is 0 Å². The van der Waals surface area contributed by atoms with Crippen molar-refractivity contribution in [3.63, 3.8) is 0 Å². The Hall–Kier alpha value is -2.73. The Morgan fingerprint density at radius 2 is 1.96 bits per heavy atom. The minimum Gasteiger partial charge on any atom is -0.348 e. The van der Waals surface area contributed by atoms with E-state index in [-0.39, 0.29) is 11.9 Å². The average Bonchev–Trinajstić information content (AvgIpc) is 3.01. The van der Waals surface area contributed by atoms with E-state index in [0.29, 0.717) is 13.1 Å². The van der Waals surface area contributed by atoms with Crippen LogP contribution in [-0.4, -0.2) is 38.7 Å². The van der Waals surface area contributed by atoms with Crippen molar-refractivity contribution < 1.29 is 4.79 Å². The van der Waals surface area contributed by atoms with Crippen LogP contribution >= 0.6 is 0 Å². The zero-order chi connectivity index (χ0) is 18.1. The van der Waals surface area contributed by atoms with Gasteiger partial charge in [0.1, 0.15) is 11.6 Å². The lowest BCUT2D eigenvalue weighted by molar-refractivity contribution is -0.123. The topological polar surface area (TPSA) is 63.1 Å². The number of hydrogen-bond donors (Lipinski definition) is 1. The third-order valence-electron chi connectivity index (χ3n) is 5.04. The standard InChI is InChI=1S/C20H23N5O/c1-14(17-8-7-16-5-3-4-6-18(16)11-17)21-20(26)13-24-9-10-25-15(2)22-23-19(25)12-24/h3-8,11,14H,9-10,12-13H2,1-2H3,(H,21,26)/t14-/m1/s1. The van der Waals surface area contributed by atoms with Crippen molar-refractivity contribution in [3.05, 3.63) is 59.7 Å². The molecule has 3 aromatic rings. The molecule has 2 aromatic carbocycles. The molecule has 0 saturated carbocycles. The van der Waals surface area contributed by atoms with Gasteiger partial charge in [-0.1, -0.05) is 36.4 Å². The van der Waals surface area contributed by atoms with Crippen molar-refractivity contribution in [3.8, 4) is 0 Å². The summed E-state index contributed by atoms with van der Waals surface area (Å²) in [6.45, 7) is 6.70. The van der Waals surface area contributed by atoms with Crippen LogP contribution in [-0.2, 0) is 17.9 Å². The number of carbonyl (C=O) groups is 1. The minimum absolute atomic E-state index is 0.0252. The first-order valence-electron chi connectivity index (χ1n) is 8.99. The molecule has 2 heterocycles. The smallest absolute Gasteiger partial charge is 0.234 e. The van der Waals surface area contributed by atoms with Gasteiger partial charge in [-0.3, -0.25) is 9.69 Å². The quantitative estimate of drug-likeness (QED) is 0.786. The first-order chi connectivity index (χ1) is 12.6. The molecule has 1 aliphatic rings. The van der Waals surface area contributed by atoms with E-state index in [2.05, 4.69) is 55.3 Å². The highest BCUT2D eigenvalue weighted by Gasteiger charge is 2.22. The lowest BCUT2D eigenvalue weighted by Gasteiger charge is -2.27. The predicted octanol–water partition coefficient (Wildman–Crippen LogP) is 2.43. The summed E-state index contributed by atoms with van der Waals surface area (Å²) in [5, 5.41) is 13.8. The van der Waals surface area contributed by atoms with Crippen LogP contribution in [0.4, 0.5) is 0 Å². The van der Waals surface area contributed by atoms with E-state index in [0.717, 1.165) is 30.3 Å². The molecule has 0 aliphatic carbocycles. The van der Waals surface area contributed by atoms with E-state index >= 15 is 0 Å². The maximum Gasteiger partial charge on any atom is 0.234 e. The van der Waals surface area contributed by atoms with Crippen molar-refractivity contribution in [2.75, 3.05) is 13.1 Å². The van der Waals surface area contributed by atoms with Crippen LogP contribution in [0.1, 0.15) is 30.2 Å². The third kappa shape index (κ3) is 3.32. The fourth-order valence-corrected chi connectivity index (χ4v) is 3.54. The fourth-order valence-electron chi connectivity index (χ4n) is 3.54. The maximum atomic E-state index is 12.5. The summed E-state index contributed by atoms with van der Waals surface area (Å²) in [6, 6.07) is 14.6. The van der Waals surface area contributed by atoms with E-state index < -0.39 is 0 Å². The molecule has 6 heteroatoms. The van der Waals surface area contributed by atoms with Crippen molar-refractivity contribution in [2.24, 2.45) is 0 Å². The van der Waals surface area contributed by atoms with Gasteiger partial charge in [0.25, 0.3) is 0 Å². The van der Waals surface area contributed by atoms with Gasteiger partial charge in [-0.15, -0.1) is 10.2 Å². The molecule has 0 bridgehead atoms. The van der Waals surface area contributed by atoms with Crippen molar-refractivity contribution >= 4 is 16.7 Å². The predicted molar refractivity (Wildman–Crippen MR) is 101 cm³/mol. The van der Waals surface area contributed by atoms with Gasteiger partial charge in [-0.25, -0.2) is 0 Å². The fraction of sp³-hybridized carbons (Fsp3) is 0.350. The summed E-state index contributed by atoms with van der Waals surface area (Å²) in [7, 11) is 0. The molecule has 4 rings (SSSR count). The van der Waals surface area contributed by atoms with E-state index in [9.17, 15) is 4.79 Å². The number of aryl methyl sites for hydroxylation is 1. The second-order valence-corrected chi connectivity index (χ2v) is 6.92. The van der Waals surface area contributed by atoms with Gasteiger partial charge in [0.2, 0.25) is 5.91 Å². The zero-order valence-corrected chi connectivity index (χ0v) is 15.1. The molecule has 26 heavy (non-hydrogen) atoms. The molecule has 134 valence electrons. The number of carbonyl (C=O) groups excluding carboxylic acids is 1. The number of aromatic nitrogens is 3. The summed E-state index contributed by atoms with van der Waals surface area (Å²) >= 11 is 0. The van der Waals surface area contributed by atoms with Crippen molar-refractivity contribution in [1.82, 2.24) is 25.0 Å². The lowest BCUT2D eigenvalue weighted by atomic mass is 10.0. The van der Waals surface area contributed by atoms with Crippen LogP contribution in [0.2, 0.25) is 0 Å². The van der Waals surface area contributed by atoms with Gasteiger partial charge < -0.3 is 9.88 Å². The number of rotatable bonds is 4. The van der Waals surface area contributed by atoms with Gasteiger partial charge >= 0.3 is 0 Å². The Balaban J connectivity index is 1.38. The number of benzene rings is 2. The minimum atomic E-state index is -0.0252. The third-order valence-corrected chi connectivity index (χ3v) is 5.04. The lowest BCUT2D eigenvalue weighted by Crippen LogP contribution is -2.42. The number of nitrogens with zero attached hydrogens (tertiary/aromatic N) is 4. The van der Waals surface area contributed by atoms with Crippen LogP contribution < -0.4 is 5.32 Å². The SMILES string of the molecule is Cc1nnc2n1CCN(CC(=O)N[C@H](C)c1ccc3ccccc3c1)C2. The molecule has 0 unspecified atom stereocenters. The van der Waals surface area contributed by atoms with E-state index in [1.165, 1.54) is 10.8 Å². The normalized spacial score (nSPS) is 15.6. The second-order valence-electron chi connectivity index (χ2n) is 6.92. The largest absolute Gasteiger partial charge is 0.348 e. The van der Waals surface area contributed by atoms with Crippen molar-refractivity contribution in [1.29, 1.82) is 0 Å². The summed E-state index contributed by atoms with van der Waals surface area (Å²) in [6.07, 6.45) is 0. The molecule has 1 aromatic heterocycles. The second kappa shape index (κ2) is 6.88. The Labute approximate surface area is 152 Å². The van der Waals surface area contributed by atoms with E-state index in [4.69, 9.17) is 0 Å². The van der Waals surface area contributed by atoms with Crippen LogP contribution in [0, 0.1) is 6.92 Å². The Morgan fingerprint density at radius 1 is 1.15 bits per heavy atom. The van der Waals surface area contributed by atoms with E-state index in [1.807, 2.05) is 26.0 Å². The van der Waals surface area contributed by atoms with Crippen LogP contribution in [0.15, 0.2) is 42.5 Å². The van der Waals surface area contributed by atoms with Gasteiger partial charge in [-0.05, 0) is 36.2 Å². The average molecular weight is 349 g/mol. The van der Waals surface area contributed by atoms with Gasteiger partial charge in [0.15, 0.2) is 0 Å². The van der Waals surface area contributed by atoms with Crippen LogP contribution in [0.3, 0.4) is 0 Å². The first-order valence-corrected chi connectivity index (χ1v) is 8.99. The molecular weight excluding hydrogens is 326 g/mol. The highest BCUT2D eigenvalue weighted by atomic mass is 16.2. The van der Waals surface area contributed by atoms with Gasteiger partial charge in [0.05, 0.1) is 19.1 Å². The number of fused-ring (bicyclic) bond motifs is 2. The summed E-state index contributed by atoms with van der Waals surface area (Å²) in [4.78, 5) is 14.6. The molecular formula is C20H23N5O. The molecule has 0 spiro atoms. The summed E-state index contributed by atoms with van der Waals surface area (Å²) < 4.78 is 2.12. The molecule has 0 radical (unpaired) electrons. The Morgan fingerprint density at radius 3 is 2.81 bits per heavy atom. The number of nitrogens with one attached hydrogen (secondary N) is 1. The molecule has 1 amide bonds. The number of hydrogen-bond acceptors (Lipinski definition) is 4.